The molecule has 5 nitrogen and oxygen atoms in total. The van der Waals surface area contributed by atoms with Crippen LogP contribution in [0.2, 0.25) is 10.0 Å². The van der Waals surface area contributed by atoms with E-state index in [2.05, 4.69) is 10.4 Å². The molecule has 3 aromatic rings. The SMILES string of the molecule is O=C(Cn1nc(-c2ccc(F)cc2)ccc1=O)Nc1ccc(Cl)cc1Cl. The Balaban J connectivity index is 1.80. The highest BCUT2D eigenvalue weighted by Crippen LogP contribution is 2.25. The molecular weight excluding hydrogens is 380 g/mol. The minimum atomic E-state index is -0.472. The van der Waals surface area contributed by atoms with Gasteiger partial charge in [-0.3, -0.25) is 9.59 Å². The van der Waals surface area contributed by atoms with Gasteiger partial charge in [0.1, 0.15) is 12.4 Å². The lowest BCUT2D eigenvalue weighted by Crippen LogP contribution is -2.29. The molecule has 26 heavy (non-hydrogen) atoms. The van der Waals surface area contributed by atoms with Crippen molar-refractivity contribution in [3.05, 3.63) is 80.8 Å². The molecule has 0 spiro atoms. The Morgan fingerprint density at radius 3 is 2.50 bits per heavy atom. The van der Waals surface area contributed by atoms with Crippen LogP contribution in [0.25, 0.3) is 11.3 Å². The third kappa shape index (κ3) is 4.28. The summed E-state index contributed by atoms with van der Waals surface area (Å²) in [4.78, 5) is 24.2. The van der Waals surface area contributed by atoms with Gasteiger partial charge in [-0.2, -0.15) is 5.10 Å². The molecule has 0 saturated carbocycles. The summed E-state index contributed by atoms with van der Waals surface area (Å²) < 4.78 is 14.1. The Hall–Kier alpha value is -2.70. The molecule has 1 amide bonds. The normalized spacial score (nSPS) is 10.6. The largest absolute Gasteiger partial charge is 0.323 e. The number of benzene rings is 2. The summed E-state index contributed by atoms with van der Waals surface area (Å²) in [7, 11) is 0. The molecule has 0 aliphatic rings. The van der Waals surface area contributed by atoms with E-state index in [1.165, 1.54) is 30.3 Å². The smallest absolute Gasteiger partial charge is 0.267 e. The Kier molecular flexibility index (Phi) is 5.35. The molecule has 0 aliphatic heterocycles. The number of nitrogens with one attached hydrogen (secondary N) is 1. The quantitative estimate of drug-likeness (QED) is 0.730. The molecule has 0 aliphatic carbocycles. The van der Waals surface area contributed by atoms with E-state index >= 15 is 0 Å². The second kappa shape index (κ2) is 7.68. The van der Waals surface area contributed by atoms with Gasteiger partial charge in [0.15, 0.2) is 0 Å². The highest BCUT2D eigenvalue weighted by Gasteiger charge is 2.10. The maximum atomic E-state index is 13.0. The molecule has 1 heterocycles. The van der Waals surface area contributed by atoms with Gasteiger partial charge >= 0.3 is 0 Å². The standard InChI is InChI=1S/C18H12Cl2FN3O2/c19-12-3-6-16(14(20)9-12)22-17(25)10-24-18(26)8-7-15(23-24)11-1-4-13(21)5-2-11/h1-9H,10H2,(H,22,25). The second-order valence-corrected chi connectivity index (χ2v) is 6.24. The Morgan fingerprint density at radius 2 is 1.81 bits per heavy atom. The number of halogens is 3. The number of amides is 1. The van der Waals surface area contributed by atoms with Crippen molar-refractivity contribution in [2.24, 2.45) is 0 Å². The van der Waals surface area contributed by atoms with Gasteiger partial charge < -0.3 is 5.32 Å². The van der Waals surface area contributed by atoms with Crippen LogP contribution in [0.1, 0.15) is 0 Å². The van der Waals surface area contributed by atoms with Crippen molar-refractivity contribution in [1.29, 1.82) is 0 Å². The second-order valence-electron chi connectivity index (χ2n) is 5.39. The maximum absolute atomic E-state index is 13.0. The van der Waals surface area contributed by atoms with Gasteiger partial charge in [-0.25, -0.2) is 9.07 Å². The zero-order chi connectivity index (χ0) is 18.7. The lowest BCUT2D eigenvalue weighted by atomic mass is 10.1. The number of aromatic nitrogens is 2. The minimum absolute atomic E-state index is 0.284. The first-order valence-electron chi connectivity index (χ1n) is 7.51. The van der Waals surface area contributed by atoms with E-state index in [4.69, 9.17) is 23.2 Å². The predicted molar refractivity (Wildman–Crippen MR) is 99.0 cm³/mol. The molecule has 132 valence electrons. The number of carbonyl (C=O) groups excluding carboxylic acids is 1. The molecular formula is C18H12Cl2FN3O2. The first kappa shape index (κ1) is 18.1. The van der Waals surface area contributed by atoms with Crippen molar-refractivity contribution in [2.45, 2.75) is 6.54 Å². The number of nitrogens with zero attached hydrogens (tertiary/aromatic N) is 2. The molecule has 0 radical (unpaired) electrons. The lowest BCUT2D eigenvalue weighted by Gasteiger charge is -2.09. The van der Waals surface area contributed by atoms with Gasteiger partial charge in [-0.05, 0) is 48.5 Å². The van der Waals surface area contributed by atoms with Crippen molar-refractivity contribution in [3.8, 4) is 11.3 Å². The fourth-order valence-electron chi connectivity index (χ4n) is 2.25. The molecule has 0 unspecified atom stereocenters. The zero-order valence-electron chi connectivity index (χ0n) is 13.2. The zero-order valence-corrected chi connectivity index (χ0v) is 14.8. The van der Waals surface area contributed by atoms with E-state index in [9.17, 15) is 14.0 Å². The van der Waals surface area contributed by atoms with Crippen molar-refractivity contribution in [3.63, 3.8) is 0 Å². The first-order chi connectivity index (χ1) is 12.4. The Bertz CT molecular complexity index is 1020. The van der Waals surface area contributed by atoms with Gasteiger partial charge in [-0.15, -0.1) is 0 Å². The van der Waals surface area contributed by atoms with Crippen molar-refractivity contribution in [2.75, 3.05) is 5.32 Å². The Morgan fingerprint density at radius 1 is 1.08 bits per heavy atom. The van der Waals surface area contributed by atoms with Crippen LogP contribution in [-0.2, 0) is 11.3 Å². The monoisotopic (exact) mass is 391 g/mol. The number of hydrogen-bond donors (Lipinski definition) is 1. The highest BCUT2D eigenvalue weighted by atomic mass is 35.5. The van der Waals surface area contributed by atoms with Crippen LogP contribution in [0.5, 0.6) is 0 Å². The van der Waals surface area contributed by atoms with E-state index in [0.29, 0.717) is 22.0 Å². The van der Waals surface area contributed by atoms with Crippen LogP contribution >= 0.6 is 23.2 Å². The van der Waals surface area contributed by atoms with Crippen LogP contribution in [0.4, 0.5) is 10.1 Å². The first-order valence-corrected chi connectivity index (χ1v) is 8.27. The molecule has 2 aromatic carbocycles. The van der Waals surface area contributed by atoms with Crippen LogP contribution in [0.15, 0.2) is 59.4 Å². The average molecular weight is 392 g/mol. The van der Waals surface area contributed by atoms with Crippen LogP contribution in [0.3, 0.4) is 0 Å². The van der Waals surface area contributed by atoms with E-state index in [0.717, 1.165) is 4.68 Å². The van der Waals surface area contributed by atoms with Gasteiger partial charge in [0.25, 0.3) is 5.56 Å². The molecule has 8 heteroatoms. The minimum Gasteiger partial charge on any atom is -0.323 e. The van der Waals surface area contributed by atoms with Crippen molar-refractivity contribution < 1.29 is 9.18 Å². The average Bonchev–Trinajstić information content (AvgIpc) is 2.60. The third-order valence-corrected chi connectivity index (χ3v) is 4.05. The Labute approximate surface area is 158 Å². The molecule has 0 fully saturated rings. The van der Waals surface area contributed by atoms with Crippen LogP contribution in [0, 0.1) is 5.82 Å². The summed E-state index contributed by atoms with van der Waals surface area (Å²) in [5.41, 5.74) is 1.01. The highest BCUT2D eigenvalue weighted by molar-refractivity contribution is 6.36. The van der Waals surface area contributed by atoms with Gasteiger partial charge in [0.05, 0.1) is 16.4 Å². The van der Waals surface area contributed by atoms with Gasteiger partial charge in [0, 0.05) is 16.7 Å². The van der Waals surface area contributed by atoms with Crippen molar-refractivity contribution >= 4 is 34.8 Å². The van der Waals surface area contributed by atoms with Gasteiger partial charge in [0.2, 0.25) is 5.91 Å². The molecule has 0 saturated heterocycles. The fourth-order valence-corrected chi connectivity index (χ4v) is 2.71. The molecule has 0 atom stereocenters. The van der Waals surface area contributed by atoms with Crippen molar-refractivity contribution in [1.82, 2.24) is 9.78 Å². The summed E-state index contributed by atoms with van der Waals surface area (Å²) in [6, 6.07) is 13.1. The summed E-state index contributed by atoms with van der Waals surface area (Å²) in [6.45, 7) is -0.299. The van der Waals surface area contributed by atoms with E-state index < -0.39 is 11.5 Å². The molecule has 3 rings (SSSR count). The summed E-state index contributed by atoms with van der Waals surface area (Å²) >= 11 is 11.8. The van der Waals surface area contributed by atoms with Crippen LogP contribution in [-0.4, -0.2) is 15.7 Å². The number of anilines is 1. The number of carbonyl (C=O) groups is 1. The fraction of sp³-hybridized carbons (Fsp3) is 0.0556. The molecule has 1 N–H and O–H groups in total. The van der Waals surface area contributed by atoms with Crippen LogP contribution < -0.4 is 10.9 Å². The van der Waals surface area contributed by atoms with Gasteiger partial charge in [-0.1, -0.05) is 23.2 Å². The predicted octanol–water partition coefficient (Wildman–Crippen LogP) is 3.99. The molecule has 0 bridgehead atoms. The van der Waals surface area contributed by atoms with E-state index in [1.54, 1.807) is 24.3 Å². The summed E-state index contributed by atoms with van der Waals surface area (Å²) in [5, 5.41) is 7.48. The van der Waals surface area contributed by atoms with E-state index in [-0.39, 0.29) is 17.4 Å². The molecule has 1 aromatic heterocycles. The topological polar surface area (TPSA) is 64.0 Å². The number of hydrogen-bond acceptors (Lipinski definition) is 3. The third-order valence-electron chi connectivity index (χ3n) is 3.51. The van der Waals surface area contributed by atoms with E-state index in [1.807, 2.05) is 0 Å². The number of rotatable bonds is 4. The lowest BCUT2D eigenvalue weighted by molar-refractivity contribution is -0.117. The maximum Gasteiger partial charge on any atom is 0.267 e. The summed E-state index contributed by atoms with van der Waals surface area (Å²) in [5.74, 6) is -0.846. The summed E-state index contributed by atoms with van der Waals surface area (Å²) in [6.07, 6.45) is 0.